The van der Waals surface area contributed by atoms with Gasteiger partial charge in [-0.05, 0) is 70.4 Å². The summed E-state index contributed by atoms with van der Waals surface area (Å²) < 4.78 is 25.8. The Morgan fingerprint density at radius 1 is 0.926 bits per heavy atom. The van der Waals surface area contributed by atoms with Gasteiger partial charge in [-0.2, -0.15) is 0 Å². The Balaban J connectivity index is 1.75. The van der Waals surface area contributed by atoms with Crippen LogP contribution >= 0.6 is 15.9 Å². The maximum Gasteiger partial charge on any atom is 0.175 e. The van der Waals surface area contributed by atoms with E-state index in [0.29, 0.717) is 24.7 Å². The van der Waals surface area contributed by atoms with Gasteiger partial charge >= 0.3 is 0 Å². The third kappa shape index (κ3) is 5.47. The lowest BCUT2D eigenvalue weighted by molar-refractivity contribution is 0.267. The van der Waals surface area contributed by atoms with Gasteiger partial charge in [-0.15, -0.1) is 0 Å². The van der Waals surface area contributed by atoms with Gasteiger partial charge in [-0.25, -0.2) is 4.39 Å². The number of nitrogens with one attached hydrogen (secondary N) is 1. The lowest BCUT2D eigenvalue weighted by atomic mass is 10.2. The molecule has 0 aliphatic carbocycles. The van der Waals surface area contributed by atoms with E-state index in [2.05, 4.69) is 21.2 Å². The fourth-order valence-electron chi connectivity index (χ4n) is 2.67. The SMILES string of the molecule is CCOc1cc(CNc2ccccc2)cc(Br)c1OCc1cccc(F)c1. The second-order valence-electron chi connectivity index (χ2n) is 5.98. The molecule has 1 N–H and O–H groups in total. The molecular weight excluding hydrogens is 409 g/mol. The first kappa shape index (κ1) is 19.2. The number of ether oxygens (including phenoxy) is 2. The minimum Gasteiger partial charge on any atom is -0.490 e. The summed E-state index contributed by atoms with van der Waals surface area (Å²) in [5.74, 6) is 1.00. The first-order chi connectivity index (χ1) is 13.2. The molecule has 0 aromatic heterocycles. The number of anilines is 1. The average molecular weight is 430 g/mol. The molecule has 0 atom stereocenters. The molecule has 0 saturated heterocycles. The molecule has 27 heavy (non-hydrogen) atoms. The van der Waals surface area contributed by atoms with E-state index < -0.39 is 0 Å². The van der Waals surface area contributed by atoms with Crippen molar-refractivity contribution in [3.05, 3.63) is 88.1 Å². The van der Waals surface area contributed by atoms with Crippen LogP contribution in [0.1, 0.15) is 18.1 Å². The van der Waals surface area contributed by atoms with Crippen molar-refractivity contribution < 1.29 is 13.9 Å². The van der Waals surface area contributed by atoms with Crippen LogP contribution in [0.5, 0.6) is 11.5 Å². The number of benzene rings is 3. The molecule has 0 radical (unpaired) electrons. The van der Waals surface area contributed by atoms with Crippen molar-refractivity contribution in [2.75, 3.05) is 11.9 Å². The maximum atomic E-state index is 13.4. The topological polar surface area (TPSA) is 30.5 Å². The van der Waals surface area contributed by atoms with E-state index in [9.17, 15) is 4.39 Å². The van der Waals surface area contributed by atoms with Crippen LogP contribution in [0.3, 0.4) is 0 Å². The van der Waals surface area contributed by atoms with Gasteiger partial charge in [0, 0.05) is 12.2 Å². The molecule has 3 nitrogen and oxygen atoms in total. The van der Waals surface area contributed by atoms with E-state index >= 15 is 0 Å². The zero-order valence-electron chi connectivity index (χ0n) is 15.0. The van der Waals surface area contributed by atoms with Gasteiger partial charge < -0.3 is 14.8 Å². The number of rotatable bonds is 8. The predicted octanol–water partition coefficient (Wildman–Crippen LogP) is 6.18. The first-order valence-electron chi connectivity index (χ1n) is 8.77. The van der Waals surface area contributed by atoms with E-state index in [4.69, 9.17) is 9.47 Å². The Morgan fingerprint density at radius 3 is 2.48 bits per heavy atom. The van der Waals surface area contributed by atoms with Crippen LogP contribution < -0.4 is 14.8 Å². The van der Waals surface area contributed by atoms with Crippen molar-refractivity contribution in [1.29, 1.82) is 0 Å². The molecule has 0 spiro atoms. The van der Waals surface area contributed by atoms with E-state index in [-0.39, 0.29) is 12.4 Å². The third-order valence-electron chi connectivity index (χ3n) is 3.91. The van der Waals surface area contributed by atoms with Crippen LogP contribution in [-0.4, -0.2) is 6.61 Å². The first-order valence-corrected chi connectivity index (χ1v) is 9.56. The molecule has 0 aliphatic rings. The highest BCUT2D eigenvalue weighted by atomic mass is 79.9. The van der Waals surface area contributed by atoms with Gasteiger partial charge in [-0.1, -0.05) is 30.3 Å². The summed E-state index contributed by atoms with van der Waals surface area (Å²) in [7, 11) is 0. The fourth-order valence-corrected chi connectivity index (χ4v) is 3.27. The number of hydrogen-bond acceptors (Lipinski definition) is 3. The Morgan fingerprint density at radius 2 is 1.74 bits per heavy atom. The van der Waals surface area contributed by atoms with Crippen molar-refractivity contribution in [1.82, 2.24) is 0 Å². The molecule has 0 unspecified atom stereocenters. The normalized spacial score (nSPS) is 10.5. The quantitative estimate of drug-likeness (QED) is 0.463. The summed E-state index contributed by atoms with van der Waals surface area (Å²) in [6.07, 6.45) is 0. The van der Waals surface area contributed by atoms with E-state index in [1.807, 2.05) is 55.5 Å². The predicted molar refractivity (Wildman–Crippen MR) is 110 cm³/mol. The van der Waals surface area contributed by atoms with Crippen LogP contribution in [0.25, 0.3) is 0 Å². The van der Waals surface area contributed by atoms with Crippen molar-refractivity contribution in [3.63, 3.8) is 0 Å². The van der Waals surface area contributed by atoms with Crippen LogP contribution in [-0.2, 0) is 13.2 Å². The van der Waals surface area contributed by atoms with Gasteiger partial charge in [0.2, 0.25) is 0 Å². The summed E-state index contributed by atoms with van der Waals surface area (Å²) in [5, 5.41) is 3.38. The van der Waals surface area contributed by atoms with Crippen molar-refractivity contribution >= 4 is 21.6 Å². The molecule has 0 heterocycles. The summed E-state index contributed by atoms with van der Waals surface area (Å²) in [4.78, 5) is 0. The zero-order valence-corrected chi connectivity index (χ0v) is 16.6. The molecule has 0 bridgehead atoms. The molecular formula is C22H21BrFNO2. The number of para-hydroxylation sites is 1. The summed E-state index contributed by atoms with van der Waals surface area (Å²) >= 11 is 3.58. The summed E-state index contributed by atoms with van der Waals surface area (Å²) in [5.41, 5.74) is 2.88. The molecule has 0 amide bonds. The number of hydrogen-bond donors (Lipinski definition) is 1. The minimum atomic E-state index is -0.275. The second-order valence-corrected chi connectivity index (χ2v) is 6.83. The molecule has 3 aromatic rings. The van der Waals surface area contributed by atoms with Crippen molar-refractivity contribution in [2.45, 2.75) is 20.1 Å². The Kier molecular flexibility index (Phi) is 6.71. The molecule has 3 rings (SSSR count). The molecule has 3 aromatic carbocycles. The summed E-state index contributed by atoms with van der Waals surface area (Å²) in [6.45, 7) is 3.38. The zero-order chi connectivity index (χ0) is 19.1. The fraction of sp³-hybridized carbons (Fsp3) is 0.182. The maximum absolute atomic E-state index is 13.4. The highest BCUT2D eigenvalue weighted by molar-refractivity contribution is 9.10. The Hall–Kier alpha value is -2.53. The van der Waals surface area contributed by atoms with Gasteiger partial charge in [0.25, 0.3) is 0 Å². The van der Waals surface area contributed by atoms with Crippen LogP contribution in [0.2, 0.25) is 0 Å². The lowest BCUT2D eigenvalue weighted by Gasteiger charge is -2.16. The highest BCUT2D eigenvalue weighted by Crippen LogP contribution is 2.37. The van der Waals surface area contributed by atoms with Gasteiger partial charge in [-0.3, -0.25) is 0 Å². The highest BCUT2D eigenvalue weighted by Gasteiger charge is 2.13. The monoisotopic (exact) mass is 429 g/mol. The standard InChI is InChI=1S/C22H21BrFNO2/c1-2-26-21-13-17(14-25-19-9-4-3-5-10-19)12-20(23)22(21)27-15-16-7-6-8-18(24)11-16/h3-13,25H,2,14-15H2,1H3. The second kappa shape index (κ2) is 9.42. The van der Waals surface area contributed by atoms with Crippen LogP contribution in [0.15, 0.2) is 71.2 Å². The van der Waals surface area contributed by atoms with Crippen LogP contribution in [0, 0.1) is 5.82 Å². The largest absolute Gasteiger partial charge is 0.490 e. The lowest BCUT2D eigenvalue weighted by Crippen LogP contribution is -2.04. The minimum absolute atomic E-state index is 0.262. The van der Waals surface area contributed by atoms with Gasteiger partial charge in [0.15, 0.2) is 11.5 Å². The Labute approximate surface area is 167 Å². The Bertz CT molecular complexity index is 887. The van der Waals surface area contributed by atoms with E-state index in [1.165, 1.54) is 12.1 Å². The molecule has 140 valence electrons. The van der Waals surface area contributed by atoms with Crippen LogP contribution in [0.4, 0.5) is 10.1 Å². The van der Waals surface area contributed by atoms with Crippen molar-refractivity contribution in [2.24, 2.45) is 0 Å². The molecule has 0 aliphatic heterocycles. The molecule has 0 saturated carbocycles. The summed E-state index contributed by atoms with van der Waals surface area (Å²) in [6, 6.07) is 20.4. The number of halogens is 2. The van der Waals surface area contributed by atoms with E-state index in [0.717, 1.165) is 21.3 Å². The van der Waals surface area contributed by atoms with E-state index in [1.54, 1.807) is 6.07 Å². The van der Waals surface area contributed by atoms with Crippen molar-refractivity contribution in [3.8, 4) is 11.5 Å². The molecule has 0 fully saturated rings. The smallest absolute Gasteiger partial charge is 0.175 e. The van der Waals surface area contributed by atoms with Gasteiger partial charge in [0.1, 0.15) is 12.4 Å². The molecule has 5 heteroatoms. The average Bonchev–Trinajstić information content (AvgIpc) is 2.67. The third-order valence-corrected chi connectivity index (χ3v) is 4.50. The van der Waals surface area contributed by atoms with Gasteiger partial charge in [0.05, 0.1) is 11.1 Å².